The van der Waals surface area contributed by atoms with E-state index in [0.717, 1.165) is 23.9 Å². The minimum atomic E-state index is -0.486. The molecule has 0 aliphatic rings. The number of anilines is 1. The van der Waals surface area contributed by atoms with Crippen LogP contribution in [0.2, 0.25) is 0 Å². The molecule has 0 heterocycles. The molecule has 0 fully saturated rings. The Bertz CT molecular complexity index is 649. The third-order valence-electron chi connectivity index (χ3n) is 2.77. The minimum Gasteiger partial charge on any atom is -0.497 e. The van der Waals surface area contributed by atoms with Crippen LogP contribution in [0.4, 0.5) is 14.5 Å². The minimum absolute atomic E-state index is 0.0966. The molecule has 0 aromatic heterocycles. The standard InChI is InChI=1S/C15H14F2N2OS/c1-20-13-4-2-3-12(8-13)19-15(21)18-9-10-7-11(16)5-6-14(10)17/h2-8H,9H2,1H3,(H2,18,19,21). The van der Waals surface area contributed by atoms with E-state index in [1.54, 1.807) is 13.2 Å². The van der Waals surface area contributed by atoms with E-state index in [1.165, 1.54) is 0 Å². The van der Waals surface area contributed by atoms with Crippen molar-refractivity contribution in [3.8, 4) is 5.75 Å². The van der Waals surface area contributed by atoms with Gasteiger partial charge < -0.3 is 15.4 Å². The number of benzene rings is 2. The van der Waals surface area contributed by atoms with E-state index >= 15 is 0 Å². The summed E-state index contributed by atoms with van der Waals surface area (Å²) >= 11 is 5.11. The zero-order chi connectivity index (χ0) is 15.2. The highest BCUT2D eigenvalue weighted by Gasteiger charge is 2.05. The first-order chi connectivity index (χ1) is 10.1. The Morgan fingerprint density at radius 3 is 2.76 bits per heavy atom. The van der Waals surface area contributed by atoms with Crippen molar-refractivity contribution < 1.29 is 13.5 Å². The van der Waals surface area contributed by atoms with Gasteiger partial charge in [-0.1, -0.05) is 6.07 Å². The van der Waals surface area contributed by atoms with Crippen molar-refractivity contribution in [3.63, 3.8) is 0 Å². The maximum Gasteiger partial charge on any atom is 0.171 e. The van der Waals surface area contributed by atoms with E-state index in [4.69, 9.17) is 17.0 Å². The van der Waals surface area contributed by atoms with Gasteiger partial charge in [-0.25, -0.2) is 8.78 Å². The lowest BCUT2D eigenvalue weighted by Gasteiger charge is -2.12. The second-order valence-corrected chi connectivity index (χ2v) is 4.68. The molecule has 0 radical (unpaired) electrons. The monoisotopic (exact) mass is 308 g/mol. The maximum absolute atomic E-state index is 13.5. The Labute approximate surface area is 126 Å². The molecule has 0 spiro atoms. The van der Waals surface area contributed by atoms with Crippen LogP contribution >= 0.6 is 12.2 Å². The summed E-state index contributed by atoms with van der Waals surface area (Å²) in [5, 5.41) is 6.08. The van der Waals surface area contributed by atoms with Gasteiger partial charge in [-0.15, -0.1) is 0 Å². The summed E-state index contributed by atoms with van der Waals surface area (Å²) in [6, 6.07) is 10.5. The topological polar surface area (TPSA) is 33.3 Å². The molecular formula is C15H14F2N2OS. The summed E-state index contributed by atoms with van der Waals surface area (Å²) < 4.78 is 31.6. The molecular weight excluding hydrogens is 294 g/mol. The van der Waals surface area contributed by atoms with Gasteiger partial charge in [0.15, 0.2) is 5.11 Å². The number of hydrogen-bond donors (Lipinski definition) is 2. The molecule has 2 aromatic rings. The number of thiocarbonyl (C=S) groups is 1. The zero-order valence-electron chi connectivity index (χ0n) is 11.3. The smallest absolute Gasteiger partial charge is 0.171 e. The van der Waals surface area contributed by atoms with Crippen molar-refractivity contribution in [1.82, 2.24) is 5.32 Å². The maximum atomic E-state index is 13.5. The SMILES string of the molecule is COc1cccc(NC(=S)NCc2cc(F)ccc2F)c1. The summed E-state index contributed by atoms with van der Waals surface area (Å²) in [6.45, 7) is 0.0966. The van der Waals surface area contributed by atoms with Gasteiger partial charge in [0, 0.05) is 23.9 Å². The van der Waals surface area contributed by atoms with Gasteiger partial charge in [-0.05, 0) is 42.5 Å². The summed E-state index contributed by atoms with van der Waals surface area (Å²) in [4.78, 5) is 0. The van der Waals surface area contributed by atoms with E-state index in [2.05, 4.69) is 10.6 Å². The van der Waals surface area contributed by atoms with Crippen LogP contribution in [0.15, 0.2) is 42.5 Å². The molecule has 3 nitrogen and oxygen atoms in total. The summed E-state index contributed by atoms with van der Waals surface area (Å²) in [7, 11) is 1.57. The normalized spacial score (nSPS) is 10.0. The van der Waals surface area contributed by atoms with Crippen molar-refractivity contribution in [2.24, 2.45) is 0 Å². The van der Waals surface area contributed by atoms with Crippen LogP contribution in [0, 0.1) is 11.6 Å². The van der Waals surface area contributed by atoms with Crippen LogP contribution in [0.3, 0.4) is 0 Å². The van der Waals surface area contributed by atoms with E-state index in [1.807, 2.05) is 18.2 Å². The first kappa shape index (κ1) is 15.2. The molecule has 2 aromatic carbocycles. The molecule has 0 aliphatic heterocycles. The highest BCUT2D eigenvalue weighted by atomic mass is 32.1. The Morgan fingerprint density at radius 2 is 2.00 bits per heavy atom. The van der Waals surface area contributed by atoms with Gasteiger partial charge >= 0.3 is 0 Å². The molecule has 0 amide bonds. The van der Waals surface area contributed by atoms with Crippen LogP contribution in [0.5, 0.6) is 5.75 Å². The van der Waals surface area contributed by atoms with Crippen molar-refractivity contribution in [2.75, 3.05) is 12.4 Å². The van der Waals surface area contributed by atoms with E-state index in [0.29, 0.717) is 10.9 Å². The van der Waals surface area contributed by atoms with E-state index < -0.39 is 11.6 Å². The number of halogens is 2. The first-order valence-corrected chi connectivity index (χ1v) is 6.62. The Balaban J connectivity index is 1.94. The van der Waals surface area contributed by atoms with Gasteiger partial charge in [-0.3, -0.25) is 0 Å². The van der Waals surface area contributed by atoms with Gasteiger partial charge in [0.05, 0.1) is 7.11 Å². The number of methoxy groups -OCH3 is 1. The fraction of sp³-hybridized carbons (Fsp3) is 0.133. The van der Waals surface area contributed by atoms with Crippen molar-refractivity contribution in [2.45, 2.75) is 6.54 Å². The van der Waals surface area contributed by atoms with Gasteiger partial charge in [0.2, 0.25) is 0 Å². The molecule has 0 saturated carbocycles. The number of nitrogens with one attached hydrogen (secondary N) is 2. The molecule has 110 valence electrons. The zero-order valence-corrected chi connectivity index (χ0v) is 12.1. The Kier molecular flexibility index (Phi) is 5.05. The average Bonchev–Trinajstić information content (AvgIpc) is 2.48. The third kappa shape index (κ3) is 4.39. The molecule has 0 aliphatic carbocycles. The van der Waals surface area contributed by atoms with Crippen LogP contribution in [0.25, 0.3) is 0 Å². The van der Waals surface area contributed by atoms with Crippen molar-refractivity contribution in [3.05, 3.63) is 59.7 Å². The third-order valence-corrected chi connectivity index (χ3v) is 3.02. The fourth-order valence-corrected chi connectivity index (χ4v) is 1.92. The lowest BCUT2D eigenvalue weighted by molar-refractivity contribution is 0.415. The predicted octanol–water partition coefficient (Wildman–Crippen LogP) is 3.46. The van der Waals surface area contributed by atoms with Crippen LogP contribution in [-0.4, -0.2) is 12.2 Å². The average molecular weight is 308 g/mol. The molecule has 2 rings (SSSR count). The summed E-state index contributed by atoms with van der Waals surface area (Å²) in [5.41, 5.74) is 0.955. The highest BCUT2D eigenvalue weighted by molar-refractivity contribution is 7.80. The molecule has 2 N–H and O–H groups in total. The van der Waals surface area contributed by atoms with Crippen molar-refractivity contribution in [1.29, 1.82) is 0 Å². The Hall–Kier alpha value is -2.21. The molecule has 0 bridgehead atoms. The molecule has 0 unspecified atom stereocenters. The lowest BCUT2D eigenvalue weighted by atomic mass is 10.2. The second kappa shape index (κ2) is 6.99. The van der Waals surface area contributed by atoms with Gasteiger partial charge in [-0.2, -0.15) is 0 Å². The molecule has 21 heavy (non-hydrogen) atoms. The first-order valence-electron chi connectivity index (χ1n) is 6.21. The van der Waals surface area contributed by atoms with Gasteiger partial charge in [0.1, 0.15) is 17.4 Å². The summed E-state index contributed by atoms with van der Waals surface area (Å²) in [6.07, 6.45) is 0. The number of rotatable bonds is 4. The van der Waals surface area contributed by atoms with Gasteiger partial charge in [0.25, 0.3) is 0 Å². The fourth-order valence-electron chi connectivity index (χ4n) is 1.73. The largest absolute Gasteiger partial charge is 0.497 e. The second-order valence-electron chi connectivity index (χ2n) is 4.28. The van der Waals surface area contributed by atoms with Crippen LogP contribution in [-0.2, 0) is 6.54 Å². The van der Waals surface area contributed by atoms with E-state index in [9.17, 15) is 8.78 Å². The molecule has 0 saturated heterocycles. The van der Waals surface area contributed by atoms with Crippen LogP contribution in [0.1, 0.15) is 5.56 Å². The number of hydrogen-bond acceptors (Lipinski definition) is 2. The van der Waals surface area contributed by atoms with Crippen molar-refractivity contribution >= 4 is 23.0 Å². The predicted molar refractivity (Wildman–Crippen MR) is 82.4 cm³/mol. The molecule has 6 heteroatoms. The quantitative estimate of drug-likeness (QED) is 0.848. The van der Waals surface area contributed by atoms with Crippen LogP contribution < -0.4 is 15.4 Å². The number of ether oxygens (including phenoxy) is 1. The lowest BCUT2D eigenvalue weighted by Crippen LogP contribution is -2.28. The molecule has 0 atom stereocenters. The Morgan fingerprint density at radius 1 is 1.19 bits per heavy atom. The highest BCUT2D eigenvalue weighted by Crippen LogP contribution is 2.16. The van der Waals surface area contributed by atoms with E-state index in [-0.39, 0.29) is 12.1 Å². The summed E-state index contributed by atoms with van der Waals surface area (Å²) in [5.74, 6) is -0.271.